The number of aryl methyl sites for hydroxylation is 2. The smallest absolute Gasteiger partial charge is 0.323 e. The number of hydrogen-bond acceptors (Lipinski definition) is 3. The molecule has 0 saturated heterocycles. The largest absolute Gasteiger partial charge is 0.480 e. The van der Waals surface area contributed by atoms with Crippen LogP contribution in [0.1, 0.15) is 43.6 Å². The Bertz CT molecular complexity index is 454. The lowest BCUT2D eigenvalue weighted by atomic mass is 9.96. The number of carbonyl (C=O) groups is 1. The van der Waals surface area contributed by atoms with Crippen LogP contribution in [0.5, 0.6) is 0 Å². The van der Waals surface area contributed by atoms with Gasteiger partial charge in [-0.05, 0) is 52.6 Å². The molecule has 0 aliphatic rings. The average molecular weight is 267 g/mol. The number of aromatic nitrogens is 2. The quantitative estimate of drug-likeness (QED) is 0.792. The van der Waals surface area contributed by atoms with E-state index in [2.05, 4.69) is 24.3 Å². The minimum Gasteiger partial charge on any atom is -0.480 e. The monoisotopic (exact) mass is 267 g/mol. The molecule has 1 heterocycles. The van der Waals surface area contributed by atoms with Crippen LogP contribution in [0.15, 0.2) is 0 Å². The zero-order valence-electron chi connectivity index (χ0n) is 12.6. The molecule has 108 valence electrons. The first-order valence-electron chi connectivity index (χ1n) is 6.81. The number of carboxylic acid groups (broad SMARTS) is 1. The Labute approximate surface area is 115 Å². The van der Waals surface area contributed by atoms with Gasteiger partial charge in [0.05, 0.1) is 5.69 Å². The molecule has 1 aromatic heterocycles. The minimum absolute atomic E-state index is 0.582. The number of hydrogen-bond donors (Lipinski definition) is 2. The summed E-state index contributed by atoms with van der Waals surface area (Å²) in [6.45, 7) is 8.71. The first-order chi connectivity index (χ1) is 8.85. The fourth-order valence-electron chi connectivity index (χ4n) is 2.38. The summed E-state index contributed by atoms with van der Waals surface area (Å²) in [4.78, 5) is 11.2. The highest BCUT2D eigenvalue weighted by molar-refractivity contribution is 5.78. The number of carboxylic acids is 1. The third kappa shape index (κ3) is 3.35. The van der Waals surface area contributed by atoms with E-state index in [-0.39, 0.29) is 0 Å². The maximum absolute atomic E-state index is 11.2. The van der Waals surface area contributed by atoms with Gasteiger partial charge in [-0.3, -0.25) is 9.48 Å². The lowest BCUT2D eigenvalue weighted by Crippen LogP contribution is -2.47. The number of likely N-dealkylation sites (N-methyl/N-ethyl adjacent to an activating group) is 1. The molecule has 19 heavy (non-hydrogen) atoms. The minimum atomic E-state index is -0.857. The van der Waals surface area contributed by atoms with Crippen LogP contribution in [0.4, 0.5) is 0 Å². The second-order valence-electron chi connectivity index (χ2n) is 5.22. The van der Waals surface area contributed by atoms with Gasteiger partial charge in [0.2, 0.25) is 0 Å². The Kier molecular flexibility index (Phi) is 5.11. The summed E-state index contributed by atoms with van der Waals surface area (Å²) in [6.07, 6.45) is 2.36. The van der Waals surface area contributed by atoms with Crippen molar-refractivity contribution < 1.29 is 9.90 Å². The Hall–Kier alpha value is -1.36. The van der Waals surface area contributed by atoms with Crippen molar-refractivity contribution in [2.75, 3.05) is 7.05 Å². The first kappa shape index (κ1) is 15.7. The van der Waals surface area contributed by atoms with Crippen molar-refractivity contribution in [3.8, 4) is 0 Å². The Morgan fingerprint density at radius 2 is 2.11 bits per heavy atom. The highest BCUT2D eigenvalue weighted by Gasteiger charge is 2.30. The van der Waals surface area contributed by atoms with Crippen molar-refractivity contribution in [2.45, 2.75) is 59.0 Å². The Morgan fingerprint density at radius 3 is 2.53 bits per heavy atom. The molecule has 0 bridgehead atoms. The van der Waals surface area contributed by atoms with Gasteiger partial charge in [0, 0.05) is 12.2 Å². The molecule has 2 N–H and O–H groups in total. The summed E-state index contributed by atoms with van der Waals surface area (Å²) in [6, 6.07) is 0. The van der Waals surface area contributed by atoms with Crippen LogP contribution in [-0.2, 0) is 17.8 Å². The lowest BCUT2D eigenvalue weighted by molar-refractivity contribution is -0.144. The molecular formula is C14H25N3O2. The molecule has 0 aliphatic heterocycles. The van der Waals surface area contributed by atoms with Gasteiger partial charge in [-0.25, -0.2) is 0 Å². The summed E-state index contributed by atoms with van der Waals surface area (Å²) >= 11 is 0. The van der Waals surface area contributed by atoms with Gasteiger partial charge in [0.1, 0.15) is 5.54 Å². The van der Waals surface area contributed by atoms with E-state index < -0.39 is 11.5 Å². The maximum Gasteiger partial charge on any atom is 0.323 e. The predicted molar refractivity (Wildman–Crippen MR) is 75.4 cm³/mol. The molecule has 1 rings (SSSR count). The lowest BCUT2D eigenvalue weighted by Gasteiger charge is -2.24. The molecule has 0 fully saturated rings. The van der Waals surface area contributed by atoms with Crippen molar-refractivity contribution in [1.82, 2.24) is 15.1 Å². The molecule has 1 aromatic rings. The fourth-order valence-corrected chi connectivity index (χ4v) is 2.38. The molecular weight excluding hydrogens is 242 g/mol. The highest BCUT2D eigenvalue weighted by atomic mass is 16.4. The standard InChI is InChI=1S/C14H25N3O2/c1-6-12-10(2)16-17(11(12)3)9-7-8-14(4,15-5)13(18)19/h15H,6-9H2,1-5H3,(H,18,19). The van der Waals surface area contributed by atoms with Crippen molar-refractivity contribution in [3.63, 3.8) is 0 Å². The molecule has 0 spiro atoms. The van der Waals surface area contributed by atoms with Crippen molar-refractivity contribution in [3.05, 3.63) is 17.0 Å². The summed E-state index contributed by atoms with van der Waals surface area (Å²) in [5, 5.41) is 16.6. The topological polar surface area (TPSA) is 67.2 Å². The van der Waals surface area contributed by atoms with E-state index in [4.69, 9.17) is 0 Å². The van der Waals surface area contributed by atoms with Crippen molar-refractivity contribution in [2.24, 2.45) is 0 Å². The van der Waals surface area contributed by atoms with Crippen LogP contribution in [0.2, 0.25) is 0 Å². The van der Waals surface area contributed by atoms with E-state index in [0.29, 0.717) is 6.42 Å². The molecule has 1 unspecified atom stereocenters. The van der Waals surface area contributed by atoms with Gasteiger partial charge in [-0.15, -0.1) is 0 Å². The summed E-state index contributed by atoms with van der Waals surface area (Å²) in [7, 11) is 1.69. The number of nitrogens with one attached hydrogen (secondary N) is 1. The number of rotatable bonds is 7. The third-order valence-electron chi connectivity index (χ3n) is 3.96. The van der Waals surface area contributed by atoms with E-state index >= 15 is 0 Å². The van der Waals surface area contributed by atoms with Gasteiger partial charge in [0.15, 0.2) is 0 Å². The van der Waals surface area contributed by atoms with E-state index in [9.17, 15) is 9.90 Å². The molecule has 0 aromatic carbocycles. The zero-order valence-corrected chi connectivity index (χ0v) is 12.6. The highest BCUT2D eigenvalue weighted by Crippen LogP contribution is 2.17. The van der Waals surface area contributed by atoms with E-state index in [1.165, 1.54) is 11.3 Å². The first-order valence-corrected chi connectivity index (χ1v) is 6.81. The molecule has 0 saturated carbocycles. The molecule has 0 aliphatic carbocycles. The maximum atomic E-state index is 11.2. The van der Waals surface area contributed by atoms with Crippen LogP contribution in [0.25, 0.3) is 0 Å². The predicted octanol–water partition coefficient (Wildman–Crippen LogP) is 1.91. The van der Waals surface area contributed by atoms with Crippen molar-refractivity contribution >= 4 is 5.97 Å². The Balaban J connectivity index is 2.66. The van der Waals surface area contributed by atoms with Gasteiger partial charge in [0.25, 0.3) is 0 Å². The summed E-state index contributed by atoms with van der Waals surface area (Å²) in [5.74, 6) is -0.808. The van der Waals surface area contributed by atoms with Gasteiger partial charge in [-0.2, -0.15) is 5.10 Å². The number of nitrogens with zero attached hydrogens (tertiary/aromatic N) is 2. The molecule has 5 nitrogen and oxygen atoms in total. The van der Waals surface area contributed by atoms with Crippen LogP contribution in [0, 0.1) is 13.8 Å². The van der Waals surface area contributed by atoms with Crippen LogP contribution in [-0.4, -0.2) is 33.4 Å². The molecule has 1 atom stereocenters. The third-order valence-corrected chi connectivity index (χ3v) is 3.96. The zero-order chi connectivity index (χ0) is 14.6. The van der Waals surface area contributed by atoms with Gasteiger partial charge < -0.3 is 10.4 Å². The Morgan fingerprint density at radius 1 is 1.47 bits per heavy atom. The summed E-state index contributed by atoms with van der Waals surface area (Å²) in [5.41, 5.74) is 2.72. The van der Waals surface area contributed by atoms with Gasteiger partial charge in [-0.1, -0.05) is 6.92 Å². The van der Waals surface area contributed by atoms with Crippen molar-refractivity contribution in [1.29, 1.82) is 0 Å². The van der Waals surface area contributed by atoms with Crippen LogP contribution in [0.3, 0.4) is 0 Å². The average Bonchev–Trinajstić information content (AvgIpc) is 2.63. The molecule has 0 radical (unpaired) electrons. The summed E-state index contributed by atoms with van der Waals surface area (Å²) < 4.78 is 1.99. The van der Waals surface area contributed by atoms with E-state index in [0.717, 1.165) is 25.1 Å². The second-order valence-corrected chi connectivity index (χ2v) is 5.22. The molecule has 5 heteroatoms. The fraction of sp³-hybridized carbons (Fsp3) is 0.714. The van der Waals surface area contributed by atoms with Gasteiger partial charge >= 0.3 is 5.97 Å². The number of aliphatic carboxylic acids is 1. The van der Waals surface area contributed by atoms with Crippen LogP contribution < -0.4 is 5.32 Å². The van der Waals surface area contributed by atoms with Crippen LogP contribution >= 0.6 is 0 Å². The normalized spacial score (nSPS) is 14.4. The second kappa shape index (κ2) is 6.19. The molecule has 0 amide bonds. The van der Waals surface area contributed by atoms with E-state index in [1.807, 2.05) is 11.6 Å². The van der Waals surface area contributed by atoms with E-state index in [1.54, 1.807) is 14.0 Å². The SMILES string of the molecule is CCc1c(C)nn(CCCC(C)(NC)C(=O)O)c1C.